The van der Waals surface area contributed by atoms with Gasteiger partial charge < -0.3 is 32.6 Å². The van der Waals surface area contributed by atoms with E-state index in [-0.39, 0.29) is 31.7 Å². The third kappa shape index (κ3) is 7.89. The fourth-order valence-corrected chi connectivity index (χ4v) is 9.30. The number of benzene rings is 3. The van der Waals surface area contributed by atoms with Crippen LogP contribution in [-0.2, 0) is 24.1 Å². The Balaban J connectivity index is 1.30. The highest BCUT2D eigenvalue weighted by molar-refractivity contribution is 7.44. The quantitative estimate of drug-likeness (QED) is 0.0506. The van der Waals surface area contributed by atoms with Crippen molar-refractivity contribution in [3.05, 3.63) is 127 Å². The molecule has 1 aliphatic rings. The number of aromatic nitrogens is 4. The van der Waals surface area contributed by atoms with Crippen LogP contribution in [-0.4, -0.2) is 75.3 Å². The molecule has 7 rings (SSSR count). The Morgan fingerprint density at radius 2 is 1.50 bits per heavy atom. The second-order valence-corrected chi connectivity index (χ2v) is 15.6. The van der Waals surface area contributed by atoms with Gasteiger partial charge in [-0.05, 0) is 74.7 Å². The van der Waals surface area contributed by atoms with Crippen molar-refractivity contribution < 1.29 is 28.0 Å². The maximum Gasteiger partial charge on any atom is 0.259 e. The van der Waals surface area contributed by atoms with Gasteiger partial charge in [0.15, 0.2) is 0 Å². The molecule has 0 saturated carbocycles. The lowest BCUT2D eigenvalue weighted by molar-refractivity contribution is -0.0911. The molecule has 4 heterocycles. The van der Waals surface area contributed by atoms with E-state index in [2.05, 4.69) is 60.1 Å². The van der Waals surface area contributed by atoms with Crippen LogP contribution in [0.15, 0.2) is 110 Å². The molecule has 3 aromatic heterocycles. The lowest BCUT2D eigenvalue weighted by atomic mass is 9.80. The highest BCUT2D eigenvalue weighted by Crippen LogP contribution is 2.51. The zero-order valence-corrected chi connectivity index (χ0v) is 33.6. The summed E-state index contributed by atoms with van der Waals surface area (Å²) in [5.41, 5.74) is 3.31. The standard InChI is InChI=1S/C43H49N6O6P/c1-30(2)49(31(3)4)56(53-26-10-22-44)55-38-27-40(48-24-21-37-41-45-23-25-47(41)29-46-42(37)48)54-39(38)28-52-43(32-11-8-7-9-12-32,33-13-17-35(50-5)18-14-33)34-15-19-36(51-6)20-16-34/h7-9,11-21,23-25,29-31,38-40H,10,26-28H2,1-6H3/t38-,39+,40+,56?/m0/s1. The van der Waals surface area contributed by atoms with E-state index in [0.29, 0.717) is 6.42 Å². The molecular formula is C43H49N6O6P. The number of nitriles is 1. The molecule has 4 atom stereocenters. The number of imidazole rings is 1. The van der Waals surface area contributed by atoms with Crippen LogP contribution in [0.25, 0.3) is 16.7 Å². The summed E-state index contributed by atoms with van der Waals surface area (Å²) in [5, 5.41) is 10.3. The van der Waals surface area contributed by atoms with Crippen LogP contribution in [0.2, 0.25) is 0 Å². The van der Waals surface area contributed by atoms with E-state index in [1.807, 2.05) is 89.6 Å². The van der Waals surface area contributed by atoms with Gasteiger partial charge in [-0.3, -0.25) is 4.40 Å². The van der Waals surface area contributed by atoms with Gasteiger partial charge in [0.25, 0.3) is 8.53 Å². The van der Waals surface area contributed by atoms with Crippen LogP contribution in [0, 0.1) is 11.3 Å². The molecule has 0 radical (unpaired) electrons. The zero-order chi connectivity index (χ0) is 39.2. The molecule has 12 nitrogen and oxygen atoms in total. The number of rotatable bonds is 17. The second-order valence-electron chi connectivity index (χ2n) is 14.2. The summed E-state index contributed by atoms with van der Waals surface area (Å²) in [4.78, 5) is 9.38. The highest BCUT2D eigenvalue weighted by atomic mass is 31.2. The first-order valence-corrected chi connectivity index (χ1v) is 20.1. The fourth-order valence-electron chi connectivity index (χ4n) is 7.54. The van der Waals surface area contributed by atoms with Gasteiger partial charge in [0.1, 0.15) is 47.1 Å². The van der Waals surface area contributed by atoms with Crippen molar-refractivity contribution in [1.29, 1.82) is 5.26 Å². The van der Waals surface area contributed by atoms with Crippen molar-refractivity contribution in [2.24, 2.45) is 0 Å². The summed E-state index contributed by atoms with van der Waals surface area (Å²) in [6.45, 7) is 8.95. The number of ether oxygens (including phenoxy) is 4. The molecule has 13 heteroatoms. The van der Waals surface area contributed by atoms with Crippen molar-refractivity contribution in [2.75, 3.05) is 27.4 Å². The van der Waals surface area contributed by atoms with Gasteiger partial charge in [0.2, 0.25) is 0 Å². The molecule has 0 aliphatic carbocycles. The van der Waals surface area contributed by atoms with E-state index in [1.165, 1.54) is 0 Å². The molecule has 0 bridgehead atoms. The first-order chi connectivity index (χ1) is 27.3. The third-order valence-electron chi connectivity index (χ3n) is 10.1. The lowest BCUT2D eigenvalue weighted by Crippen LogP contribution is -2.39. The highest BCUT2D eigenvalue weighted by Gasteiger charge is 2.45. The molecule has 1 fully saturated rings. The Morgan fingerprint density at radius 3 is 2.11 bits per heavy atom. The van der Waals surface area contributed by atoms with E-state index in [0.717, 1.165) is 44.9 Å². The van der Waals surface area contributed by atoms with E-state index in [9.17, 15) is 5.26 Å². The fraction of sp³-hybridized carbons (Fsp3) is 0.372. The Bertz CT molecular complexity index is 2160. The number of hydrogen-bond acceptors (Lipinski definition) is 10. The summed E-state index contributed by atoms with van der Waals surface area (Å²) in [6, 6.07) is 30.7. The first-order valence-electron chi connectivity index (χ1n) is 18.9. The minimum Gasteiger partial charge on any atom is -0.497 e. The first kappa shape index (κ1) is 39.4. The van der Waals surface area contributed by atoms with Gasteiger partial charge in [0.05, 0.1) is 51.4 Å². The third-order valence-corrected chi connectivity index (χ3v) is 12.3. The van der Waals surface area contributed by atoms with Crippen molar-refractivity contribution in [3.8, 4) is 17.6 Å². The molecule has 56 heavy (non-hydrogen) atoms. The van der Waals surface area contributed by atoms with Crippen LogP contribution in [0.3, 0.4) is 0 Å². The summed E-state index contributed by atoms with van der Waals surface area (Å²) in [5.74, 6) is 1.48. The van der Waals surface area contributed by atoms with Crippen LogP contribution in [0.1, 0.15) is 63.5 Å². The van der Waals surface area contributed by atoms with Gasteiger partial charge in [-0.15, -0.1) is 0 Å². The summed E-state index contributed by atoms with van der Waals surface area (Å²) in [6.07, 6.45) is 6.80. The van der Waals surface area contributed by atoms with Crippen LogP contribution < -0.4 is 9.47 Å². The van der Waals surface area contributed by atoms with Crippen LogP contribution in [0.5, 0.6) is 11.5 Å². The maximum absolute atomic E-state index is 9.39. The molecular weight excluding hydrogens is 727 g/mol. The van der Waals surface area contributed by atoms with Crippen LogP contribution in [0.4, 0.5) is 0 Å². The molecule has 3 aromatic carbocycles. The lowest BCUT2D eigenvalue weighted by Gasteiger charge is -2.39. The topological polar surface area (TPSA) is 118 Å². The zero-order valence-electron chi connectivity index (χ0n) is 32.7. The maximum atomic E-state index is 9.39. The average Bonchev–Trinajstić information content (AvgIpc) is 3.97. The predicted molar refractivity (Wildman–Crippen MR) is 215 cm³/mol. The monoisotopic (exact) mass is 776 g/mol. The summed E-state index contributed by atoms with van der Waals surface area (Å²) >= 11 is 0. The van der Waals surface area contributed by atoms with Crippen LogP contribution >= 0.6 is 8.53 Å². The minimum absolute atomic E-state index is 0.126. The van der Waals surface area contributed by atoms with Crippen molar-refractivity contribution >= 4 is 25.2 Å². The number of methoxy groups -OCH3 is 2. The van der Waals surface area contributed by atoms with Gasteiger partial charge in [-0.25, -0.2) is 14.6 Å². The Hall–Kier alpha value is -4.86. The number of nitrogens with zero attached hydrogens (tertiary/aromatic N) is 6. The largest absolute Gasteiger partial charge is 0.497 e. The second kappa shape index (κ2) is 17.5. The van der Waals surface area contributed by atoms with Crippen molar-refractivity contribution in [2.45, 2.75) is 76.7 Å². The van der Waals surface area contributed by atoms with Gasteiger partial charge in [-0.1, -0.05) is 54.6 Å². The average molecular weight is 777 g/mol. The molecule has 0 N–H and O–H groups in total. The van der Waals surface area contributed by atoms with Gasteiger partial charge in [-0.2, -0.15) is 5.26 Å². The van der Waals surface area contributed by atoms with E-state index >= 15 is 0 Å². The Labute approximate surface area is 329 Å². The Kier molecular flexibility index (Phi) is 12.3. The van der Waals surface area contributed by atoms with E-state index in [4.69, 9.17) is 33.0 Å². The molecule has 1 saturated heterocycles. The summed E-state index contributed by atoms with van der Waals surface area (Å²) < 4.78 is 45.2. The van der Waals surface area contributed by atoms with Crippen molar-refractivity contribution in [1.82, 2.24) is 23.6 Å². The molecule has 0 spiro atoms. The Morgan fingerprint density at radius 1 is 0.857 bits per heavy atom. The molecule has 1 unspecified atom stereocenters. The SMILES string of the molecule is COc1ccc(C(OC[C@H]2O[C@@H](n3ccc4c3ncn3ccnc43)C[C@@H]2OP(OCCC#N)N(C(C)C)C(C)C)(c2ccccc2)c2ccc(OC)cc2)cc1. The number of hydrogen-bond donors (Lipinski definition) is 0. The van der Waals surface area contributed by atoms with Gasteiger partial charge in [0, 0.05) is 37.1 Å². The minimum atomic E-state index is -1.58. The molecule has 0 amide bonds. The van der Waals surface area contributed by atoms with E-state index in [1.54, 1.807) is 26.7 Å². The van der Waals surface area contributed by atoms with Crippen molar-refractivity contribution in [3.63, 3.8) is 0 Å². The number of fused-ring (bicyclic) bond motifs is 3. The molecule has 6 aromatic rings. The summed E-state index contributed by atoms with van der Waals surface area (Å²) in [7, 11) is 1.74. The molecule has 292 valence electrons. The molecule has 1 aliphatic heterocycles. The van der Waals surface area contributed by atoms with Gasteiger partial charge >= 0.3 is 0 Å². The normalized spacial score (nSPS) is 18.0. The smallest absolute Gasteiger partial charge is 0.259 e. The predicted octanol–water partition coefficient (Wildman–Crippen LogP) is 8.66. The van der Waals surface area contributed by atoms with E-state index < -0.39 is 32.6 Å².